The van der Waals surface area contributed by atoms with E-state index in [1.54, 1.807) is 0 Å². The first-order chi connectivity index (χ1) is 7.79. The average Bonchev–Trinajstić information content (AvgIpc) is 2.69. The summed E-state index contributed by atoms with van der Waals surface area (Å²) in [4.78, 5) is 0. The minimum atomic E-state index is 0.324. The number of nitrogens with one attached hydrogen (secondary N) is 1. The van der Waals surface area contributed by atoms with E-state index < -0.39 is 0 Å². The van der Waals surface area contributed by atoms with E-state index in [1.165, 1.54) is 0 Å². The molecule has 0 aliphatic rings. The molecule has 0 saturated carbocycles. The molecular formula is C11H22N4O. The topological polar surface area (TPSA) is 52.0 Å². The lowest BCUT2D eigenvalue weighted by molar-refractivity contribution is 0.140. The van der Waals surface area contributed by atoms with E-state index in [0.717, 1.165) is 38.3 Å². The van der Waals surface area contributed by atoms with Crippen LogP contribution in [-0.4, -0.2) is 34.8 Å². The van der Waals surface area contributed by atoms with Gasteiger partial charge >= 0.3 is 0 Å². The van der Waals surface area contributed by atoms with Gasteiger partial charge < -0.3 is 10.1 Å². The highest BCUT2D eigenvalue weighted by Crippen LogP contribution is 2.16. The first-order valence-electron chi connectivity index (χ1n) is 5.95. The normalized spacial score (nSPS) is 12.9. The van der Waals surface area contributed by atoms with Gasteiger partial charge in [-0.2, -0.15) is 0 Å². The van der Waals surface area contributed by atoms with E-state index in [2.05, 4.69) is 22.6 Å². The van der Waals surface area contributed by atoms with Gasteiger partial charge in [0.15, 0.2) is 0 Å². The number of hydrogen-bond donors (Lipinski definition) is 1. The molecule has 0 spiro atoms. The summed E-state index contributed by atoms with van der Waals surface area (Å²) in [5, 5.41) is 11.3. The molecule has 1 N–H and O–H groups in total. The summed E-state index contributed by atoms with van der Waals surface area (Å²) in [6, 6.07) is 0.324. The van der Waals surface area contributed by atoms with Crippen LogP contribution in [0, 0.1) is 0 Å². The van der Waals surface area contributed by atoms with Crippen LogP contribution in [0.1, 0.15) is 38.4 Å². The van der Waals surface area contributed by atoms with Crippen molar-refractivity contribution >= 4 is 0 Å². The van der Waals surface area contributed by atoms with Crippen molar-refractivity contribution < 1.29 is 4.74 Å². The standard InChI is InChI=1S/C11H22N4O/c1-4-12-10(7-6-8-16-5-2)11-9-13-14-15(11)3/h9-10,12H,4-8H2,1-3H3. The molecule has 1 aromatic heterocycles. The zero-order chi connectivity index (χ0) is 11.8. The molecule has 0 saturated heterocycles. The molecule has 0 fully saturated rings. The minimum Gasteiger partial charge on any atom is -0.382 e. The first-order valence-corrected chi connectivity index (χ1v) is 5.95. The van der Waals surface area contributed by atoms with E-state index in [-0.39, 0.29) is 0 Å². The highest BCUT2D eigenvalue weighted by Gasteiger charge is 2.13. The minimum absolute atomic E-state index is 0.324. The fourth-order valence-corrected chi connectivity index (χ4v) is 1.75. The van der Waals surface area contributed by atoms with Crippen LogP contribution in [0.25, 0.3) is 0 Å². The molecule has 5 heteroatoms. The average molecular weight is 226 g/mol. The van der Waals surface area contributed by atoms with Gasteiger partial charge in [0, 0.05) is 20.3 Å². The van der Waals surface area contributed by atoms with Crippen molar-refractivity contribution in [3.8, 4) is 0 Å². The Bertz CT molecular complexity index is 287. The van der Waals surface area contributed by atoms with Crippen LogP contribution in [0.15, 0.2) is 6.20 Å². The Morgan fingerprint density at radius 1 is 1.50 bits per heavy atom. The summed E-state index contributed by atoms with van der Waals surface area (Å²) in [6.07, 6.45) is 3.93. The summed E-state index contributed by atoms with van der Waals surface area (Å²) < 4.78 is 7.17. The highest BCUT2D eigenvalue weighted by atomic mass is 16.5. The van der Waals surface area contributed by atoms with E-state index in [9.17, 15) is 0 Å². The second-order valence-electron chi connectivity index (χ2n) is 3.73. The van der Waals surface area contributed by atoms with E-state index in [1.807, 2.05) is 24.9 Å². The SMILES string of the molecule is CCNC(CCCOCC)c1cnnn1C. The third kappa shape index (κ3) is 3.90. The second-order valence-corrected chi connectivity index (χ2v) is 3.73. The van der Waals surface area contributed by atoms with Crippen molar-refractivity contribution in [1.29, 1.82) is 0 Å². The van der Waals surface area contributed by atoms with Gasteiger partial charge in [0.25, 0.3) is 0 Å². The summed E-state index contributed by atoms with van der Waals surface area (Å²) in [6.45, 7) is 6.69. The summed E-state index contributed by atoms with van der Waals surface area (Å²) >= 11 is 0. The maximum Gasteiger partial charge on any atom is 0.0753 e. The van der Waals surface area contributed by atoms with E-state index >= 15 is 0 Å². The molecule has 0 aromatic carbocycles. The maximum absolute atomic E-state index is 5.34. The van der Waals surface area contributed by atoms with Gasteiger partial charge in [-0.15, -0.1) is 5.10 Å². The van der Waals surface area contributed by atoms with Crippen LogP contribution >= 0.6 is 0 Å². The van der Waals surface area contributed by atoms with Gasteiger partial charge in [-0.1, -0.05) is 12.1 Å². The Balaban J connectivity index is 2.45. The monoisotopic (exact) mass is 226 g/mol. The van der Waals surface area contributed by atoms with Gasteiger partial charge in [-0.3, -0.25) is 4.68 Å². The number of aryl methyl sites for hydroxylation is 1. The Hall–Kier alpha value is -0.940. The largest absolute Gasteiger partial charge is 0.382 e. The number of hydrogen-bond acceptors (Lipinski definition) is 4. The van der Waals surface area contributed by atoms with Crippen LogP contribution in [0.2, 0.25) is 0 Å². The predicted octanol–water partition coefficient (Wildman–Crippen LogP) is 1.28. The van der Waals surface area contributed by atoms with Gasteiger partial charge in [0.2, 0.25) is 0 Å². The Labute approximate surface area is 97.2 Å². The highest BCUT2D eigenvalue weighted by molar-refractivity contribution is 5.01. The molecular weight excluding hydrogens is 204 g/mol. The molecule has 1 aromatic rings. The molecule has 92 valence electrons. The molecule has 1 heterocycles. The fraction of sp³-hybridized carbons (Fsp3) is 0.818. The molecule has 1 unspecified atom stereocenters. The zero-order valence-electron chi connectivity index (χ0n) is 10.4. The third-order valence-electron chi connectivity index (χ3n) is 2.54. The fourth-order valence-electron chi connectivity index (χ4n) is 1.75. The Morgan fingerprint density at radius 3 is 2.88 bits per heavy atom. The van der Waals surface area contributed by atoms with Crippen LogP contribution in [-0.2, 0) is 11.8 Å². The zero-order valence-corrected chi connectivity index (χ0v) is 10.4. The first kappa shape index (κ1) is 13.1. The summed E-state index contributed by atoms with van der Waals surface area (Å²) in [5.74, 6) is 0. The maximum atomic E-state index is 5.34. The van der Waals surface area contributed by atoms with Crippen LogP contribution in [0.4, 0.5) is 0 Å². The van der Waals surface area contributed by atoms with Gasteiger partial charge in [-0.25, -0.2) is 0 Å². The predicted molar refractivity (Wildman–Crippen MR) is 63.1 cm³/mol. The van der Waals surface area contributed by atoms with Crippen molar-refractivity contribution in [3.63, 3.8) is 0 Å². The van der Waals surface area contributed by atoms with Crippen molar-refractivity contribution in [1.82, 2.24) is 20.3 Å². The lowest BCUT2D eigenvalue weighted by Gasteiger charge is -2.17. The van der Waals surface area contributed by atoms with Gasteiger partial charge in [0.1, 0.15) is 0 Å². The second kappa shape index (κ2) is 7.35. The molecule has 5 nitrogen and oxygen atoms in total. The van der Waals surface area contributed by atoms with Crippen molar-refractivity contribution in [3.05, 3.63) is 11.9 Å². The molecule has 1 rings (SSSR count). The van der Waals surface area contributed by atoms with Crippen molar-refractivity contribution in [2.45, 2.75) is 32.7 Å². The number of aromatic nitrogens is 3. The van der Waals surface area contributed by atoms with E-state index in [0.29, 0.717) is 6.04 Å². The summed E-state index contributed by atoms with van der Waals surface area (Å²) in [5.41, 5.74) is 1.14. The molecule has 16 heavy (non-hydrogen) atoms. The van der Waals surface area contributed by atoms with E-state index in [4.69, 9.17) is 4.74 Å². The lowest BCUT2D eigenvalue weighted by Crippen LogP contribution is -2.23. The number of nitrogens with zero attached hydrogens (tertiary/aromatic N) is 3. The Morgan fingerprint density at radius 2 is 2.31 bits per heavy atom. The summed E-state index contributed by atoms with van der Waals surface area (Å²) in [7, 11) is 1.93. The van der Waals surface area contributed by atoms with Gasteiger partial charge in [0.05, 0.1) is 17.9 Å². The molecule has 0 aliphatic heterocycles. The van der Waals surface area contributed by atoms with Gasteiger partial charge in [-0.05, 0) is 26.3 Å². The number of rotatable bonds is 8. The van der Waals surface area contributed by atoms with Crippen molar-refractivity contribution in [2.24, 2.45) is 7.05 Å². The number of ether oxygens (including phenoxy) is 1. The van der Waals surface area contributed by atoms with Crippen LogP contribution in [0.3, 0.4) is 0 Å². The molecule has 0 bridgehead atoms. The van der Waals surface area contributed by atoms with Crippen molar-refractivity contribution in [2.75, 3.05) is 19.8 Å². The molecule has 1 atom stereocenters. The Kier molecular flexibility index (Phi) is 6.03. The molecule has 0 aliphatic carbocycles. The lowest BCUT2D eigenvalue weighted by atomic mass is 10.1. The van der Waals surface area contributed by atoms with Crippen LogP contribution in [0.5, 0.6) is 0 Å². The molecule has 0 radical (unpaired) electrons. The third-order valence-corrected chi connectivity index (χ3v) is 2.54. The molecule has 0 amide bonds. The smallest absolute Gasteiger partial charge is 0.0753 e. The van der Waals surface area contributed by atoms with Crippen LogP contribution < -0.4 is 5.32 Å². The quantitative estimate of drug-likeness (QED) is 0.678.